The molecule has 2 aromatic carbocycles. The molecular formula is C23H30FN3O3S. The van der Waals surface area contributed by atoms with Crippen LogP contribution in [0.4, 0.5) is 10.1 Å². The average Bonchev–Trinajstić information content (AvgIpc) is 2.74. The number of para-hydroxylation sites is 1. The van der Waals surface area contributed by atoms with Crippen LogP contribution in [-0.2, 0) is 14.8 Å². The Morgan fingerprint density at radius 1 is 1.13 bits per heavy atom. The Bertz CT molecular complexity index is 987. The summed E-state index contributed by atoms with van der Waals surface area (Å²) >= 11 is 0. The van der Waals surface area contributed by atoms with Gasteiger partial charge in [-0.1, -0.05) is 29.8 Å². The number of anilines is 1. The number of amides is 1. The van der Waals surface area contributed by atoms with Crippen LogP contribution in [0.5, 0.6) is 0 Å². The number of nitrogens with one attached hydrogen (secondary N) is 1. The second kappa shape index (κ2) is 10.2. The summed E-state index contributed by atoms with van der Waals surface area (Å²) in [5, 5.41) is 2.81. The third-order valence-corrected chi connectivity index (χ3v) is 7.50. The lowest BCUT2D eigenvalue weighted by atomic mass is 9.94. The first-order chi connectivity index (χ1) is 14.8. The molecule has 0 unspecified atom stereocenters. The van der Waals surface area contributed by atoms with Crippen LogP contribution in [0.15, 0.2) is 53.4 Å². The molecule has 1 aliphatic heterocycles. The van der Waals surface area contributed by atoms with E-state index in [1.807, 2.05) is 6.92 Å². The van der Waals surface area contributed by atoms with E-state index < -0.39 is 28.3 Å². The van der Waals surface area contributed by atoms with Crippen LogP contribution in [0.25, 0.3) is 0 Å². The van der Waals surface area contributed by atoms with Crippen molar-refractivity contribution >= 4 is 21.6 Å². The number of hydrogen-bond donors (Lipinski definition) is 1. The predicted molar refractivity (Wildman–Crippen MR) is 120 cm³/mol. The van der Waals surface area contributed by atoms with E-state index in [4.69, 9.17) is 0 Å². The summed E-state index contributed by atoms with van der Waals surface area (Å²) in [5.74, 6) is -0.598. The van der Waals surface area contributed by atoms with E-state index in [-0.39, 0.29) is 10.6 Å². The molecule has 8 heteroatoms. The van der Waals surface area contributed by atoms with Crippen molar-refractivity contribution in [2.24, 2.45) is 5.92 Å². The van der Waals surface area contributed by atoms with Crippen molar-refractivity contribution in [1.82, 2.24) is 10.2 Å². The number of hydrogen-bond acceptors (Lipinski definition) is 4. The molecule has 31 heavy (non-hydrogen) atoms. The molecule has 1 N–H and O–H groups in total. The molecule has 0 saturated carbocycles. The van der Waals surface area contributed by atoms with Gasteiger partial charge in [0.2, 0.25) is 5.91 Å². The number of carbonyl (C=O) groups excluding carboxylic acids is 1. The van der Waals surface area contributed by atoms with Crippen LogP contribution in [0.1, 0.15) is 24.8 Å². The van der Waals surface area contributed by atoms with Crippen LogP contribution < -0.4 is 9.62 Å². The summed E-state index contributed by atoms with van der Waals surface area (Å²) in [6.45, 7) is 3.94. The normalized spacial score (nSPS) is 15.6. The highest BCUT2D eigenvalue weighted by atomic mass is 32.2. The number of nitrogens with zero attached hydrogens (tertiary/aromatic N) is 2. The summed E-state index contributed by atoms with van der Waals surface area (Å²) in [6, 6.07) is 11.9. The third kappa shape index (κ3) is 6.04. The van der Waals surface area contributed by atoms with Gasteiger partial charge in [0, 0.05) is 6.54 Å². The molecule has 3 rings (SSSR count). The largest absolute Gasteiger partial charge is 0.355 e. The minimum Gasteiger partial charge on any atom is -0.355 e. The fourth-order valence-electron chi connectivity index (χ4n) is 3.74. The van der Waals surface area contributed by atoms with Crippen molar-refractivity contribution in [3.63, 3.8) is 0 Å². The molecule has 0 bridgehead atoms. The zero-order valence-electron chi connectivity index (χ0n) is 18.1. The van der Waals surface area contributed by atoms with Gasteiger partial charge in [-0.15, -0.1) is 0 Å². The average molecular weight is 448 g/mol. The van der Waals surface area contributed by atoms with Gasteiger partial charge in [-0.25, -0.2) is 12.8 Å². The Labute approximate surface area is 184 Å². The van der Waals surface area contributed by atoms with Crippen molar-refractivity contribution in [3.05, 3.63) is 59.9 Å². The Balaban J connectivity index is 1.72. The number of aryl methyl sites for hydroxylation is 1. The van der Waals surface area contributed by atoms with E-state index in [9.17, 15) is 17.6 Å². The molecule has 1 heterocycles. The third-order valence-electron chi connectivity index (χ3n) is 5.73. The predicted octanol–water partition coefficient (Wildman–Crippen LogP) is 3.18. The first-order valence-electron chi connectivity index (χ1n) is 10.6. The van der Waals surface area contributed by atoms with Crippen molar-refractivity contribution < 1.29 is 17.6 Å². The molecule has 0 spiro atoms. The topological polar surface area (TPSA) is 69.7 Å². The van der Waals surface area contributed by atoms with Gasteiger partial charge in [-0.05, 0) is 76.5 Å². The number of halogens is 1. The maximum Gasteiger partial charge on any atom is 0.264 e. The van der Waals surface area contributed by atoms with Crippen LogP contribution >= 0.6 is 0 Å². The Hall–Kier alpha value is -2.45. The van der Waals surface area contributed by atoms with Gasteiger partial charge < -0.3 is 10.2 Å². The number of likely N-dealkylation sites (tertiary alicyclic amines) is 1. The number of rotatable bonds is 8. The standard InChI is InChI=1S/C23H30FN3O3S/c1-18-7-9-20(10-8-18)31(29,30)27(22-6-4-3-5-21(22)24)17-23(28)25-14-11-19-12-15-26(2)16-13-19/h3-10,19H,11-17H2,1-2H3,(H,25,28). The zero-order chi connectivity index (χ0) is 22.4. The van der Waals surface area contributed by atoms with Crippen LogP contribution in [0.2, 0.25) is 0 Å². The van der Waals surface area contributed by atoms with Crippen molar-refractivity contribution in [2.45, 2.75) is 31.1 Å². The van der Waals surface area contributed by atoms with Gasteiger partial charge in [0.05, 0.1) is 10.6 Å². The van der Waals surface area contributed by atoms with E-state index in [1.165, 1.54) is 30.3 Å². The first-order valence-corrected chi connectivity index (χ1v) is 12.0. The highest BCUT2D eigenvalue weighted by molar-refractivity contribution is 7.92. The van der Waals surface area contributed by atoms with Gasteiger partial charge >= 0.3 is 0 Å². The fraction of sp³-hybridized carbons (Fsp3) is 0.435. The van der Waals surface area contributed by atoms with Crippen molar-refractivity contribution in [3.8, 4) is 0 Å². The maximum absolute atomic E-state index is 14.5. The van der Waals surface area contributed by atoms with Gasteiger partial charge in [-0.3, -0.25) is 9.10 Å². The van der Waals surface area contributed by atoms with Crippen molar-refractivity contribution in [1.29, 1.82) is 0 Å². The molecule has 1 fully saturated rings. The highest BCUT2D eigenvalue weighted by Gasteiger charge is 2.29. The molecular weight excluding hydrogens is 417 g/mol. The molecule has 2 aromatic rings. The molecule has 1 aliphatic rings. The number of sulfonamides is 1. The van der Waals surface area contributed by atoms with Gasteiger partial charge in [-0.2, -0.15) is 0 Å². The number of carbonyl (C=O) groups is 1. The molecule has 1 saturated heterocycles. The summed E-state index contributed by atoms with van der Waals surface area (Å²) in [5.41, 5.74) is 0.761. The molecule has 0 aliphatic carbocycles. The summed E-state index contributed by atoms with van der Waals surface area (Å²) in [4.78, 5) is 14.9. The van der Waals surface area contributed by atoms with Crippen LogP contribution in [0.3, 0.4) is 0 Å². The minimum atomic E-state index is -4.11. The minimum absolute atomic E-state index is 0.0143. The summed E-state index contributed by atoms with van der Waals surface area (Å²) in [7, 11) is -2.01. The monoisotopic (exact) mass is 447 g/mol. The SMILES string of the molecule is Cc1ccc(S(=O)(=O)N(CC(=O)NCCC2CCN(C)CC2)c2ccccc2F)cc1. The zero-order valence-corrected chi connectivity index (χ0v) is 18.9. The second-order valence-corrected chi connectivity index (χ2v) is 10.0. The summed E-state index contributed by atoms with van der Waals surface area (Å²) in [6.07, 6.45) is 3.04. The van der Waals surface area contributed by atoms with E-state index in [0.717, 1.165) is 42.2 Å². The van der Waals surface area contributed by atoms with E-state index in [2.05, 4.69) is 17.3 Å². The fourth-order valence-corrected chi connectivity index (χ4v) is 5.17. The van der Waals surface area contributed by atoms with Gasteiger partial charge in [0.1, 0.15) is 12.4 Å². The Morgan fingerprint density at radius 3 is 2.42 bits per heavy atom. The lowest BCUT2D eigenvalue weighted by molar-refractivity contribution is -0.119. The highest BCUT2D eigenvalue weighted by Crippen LogP contribution is 2.26. The van der Waals surface area contributed by atoms with Gasteiger partial charge in [0.25, 0.3) is 10.0 Å². The maximum atomic E-state index is 14.5. The van der Waals surface area contributed by atoms with E-state index >= 15 is 0 Å². The second-order valence-electron chi connectivity index (χ2n) is 8.16. The van der Waals surface area contributed by atoms with E-state index in [1.54, 1.807) is 18.2 Å². The lowest BCUT2D eigenvalue weighted by Gasteiger charge is -2.29. The quantitative estimate of drug-likeness (QED) is 0.675. The molecule has 168 valence electrons. The summed E-state index contributed by atoms with van der Waals surface area (Å²) < 4.78 is 41.8. The molecule has 0 atom stereocenters. The Morgan fingerprint density at radius 2 is 1.77 bits per heavy atom. The molecule has 0 radical (unpaired) electrons. The molecule has 6 nitrogen and oxygen atoms in total. The Kier molecular flexibility index (Phi) is 7.67. The van der Waals surface area contributed by atoms with Crippen LogP contribution in [0, 0.1) is 18.7 Å². The number of benzene rings is 2. The van der Waals surface area contributed by atoms with Gasteiger partial charge in [0.15, 0.2) is 0 Å². The van der Waals surface area contributed by atoms with E-state index in [0.29, 0.717) is 12.5 Å². The lowest BCUT2D eigenvalue weighted by Crippen LogP contribution is -2.42. The smallest absolute Gasteiger partial charge is 0.264 e. The molecule has 0 aromatic heterocycles. The van der Waals surface area contributed by atoms with Crippen LogP contribution in [-0.4, -0.2) is 52.5 Å². The number of piperidine rings is 1. The van der Waals surface area contributed by atoms with Crippen molar-refractivity contribution in [2.75, 3.05) is 37.5 Å². The first kappa shape index (κ1) is 23.2. The molecule has 1 amide bonds.